The fourth-order valence-corrected chi connectivity index (χ4v) is 3.99. The van der Waals surface area contributed by atoms with Crippen LogP contribution in [0.3, 0.4) is 0 Å². The molecule has 1 aliphatic rings. The molecule has 1 fully saturated rings. The minimum atomic E-state index is -0.979. The Bertz CT molecular complexity index is 849. The first-order valence-corrected chi connectivity index (χ1v) is 10.1. The molecule has 0 bridgehead atoms. The van der Waals surface area contributed by atoms with E-state index in [-0.39, 0.29) is 29.1 Å². The van der Waals surface area contributed by atoms with Gasteiger partial charge in [-0.05, 0) is 30.5 Å². The second kappa shape index (κ2) is 9.27. The molecule has 2 N–H and O–H groups in total. The van der Waals surface area contributed by atoms with Crippen molar-refractivity contribution in [1.29, 1.82) is 0 Å². The second-order valence-electron chi connectivity index (χ2n) is 7.44. The van der Waals surface area contributed by atoms with E-state index in [1.807, 2.05) is 30.3 Å². The highest BCUT2D eigenvalue weighted by Crippen LogP contribution is 2.32. The summed E-state index contributed by atoms with van der Waals surface area (Å²) < 4.78 is 14.1. The third kappa shape index (κ3) is 5.07. The number of amides is 3. The van der Waals surface area contributed by atoms with E-state index in [9.17, 15) is 14.0 Å². The quantitative estimate of drug-likeness (QED) is 0.738. The lowest BCUT2D eigenvalue weighted by Gasteiger charge is -2.33. The van der Waals surface area contributed by atoms with Gasteiger partial charge in [-0.25, -0.2) is 9.18 Å². The molecule has 0 radical (unpaired) electrons. The van der Waals surface area contributed by atoms with Crippen LogP contribution >= 0.6 is 11.6 Å². The van der Waals surface area contributed by atoms with Crippen LogP contribution in [0.25, 0.3) is 0 Å². The van der Waals surface area contributed by atoms with Crippen molar-refractivity contribution in [3.63, 3.8) is 0 Å². The highest BCUT2D eigenvalue weighted by atomic mass is 35.5. The Morgan fingerprint density at radius 2 is 1.79 bits per heavy atom. The van der Waals surface area contributed by atoms with Gasteiger partial charge in [-0.15, -0.1) is 0 Å². The topological polar surface area (TPSA) is 61.4 Å². The molecule has 2 aromatic carbocycles. The molecule has 0 aromatic heterocycles. The predicted octanol–water partition coefficient (Wildman–Crippen LogP) is 4.25. The van der Waals surface area contributed by atoms with E-state index >= 15 is 0 Å². The van der Waals surface area contributed by atoms with Crippen molar-refractivity contribution in [2.75, 3.05) is 7.05 Å². The van der Waals surface area contributed by atoms with Crippen LogP contribution in [0.5, 0.6) is 0 Å². The molecule has 29 heavy (non-hydrogen) atoms. The van der Waals surface area contributed by atoms with E-state index < -0.39 is 11.4 Å². The number of halogens is 2. The zero-order valence-corrected chi connectivity index (χ0v) is 17.1. The van der Waals surface area contributed by atoms with Crippen molar-refractivity contribution in [2.24, 2.45) is 0 Å². The first-order chi connectivity index (χ1) is 13.9. The zero-order chi connectivity index (χ0) is 20.9. The number of hydrogen-bond acceptors (Lipinski definition) is 2. The number of rotatable bonds is 6. The van der Waals surface area contributed by atoms with Crippen LogP contribution in [0.15, 0.2) is 48.5 Å². The Balaban J connectivity index is 1.67. The lowest BCUT2D eigenvalue weighted by molar-refractivity contribution is -0.137. The largest absolute Gasteiger partial charge is 0.339 e. The number of carbonyl (C=O) groups excluding carboxylic acids is 2. The van der Waals surface area contributed by atoms with Crippen LogP contribution in [0.1, 0.15) is 36.8 Å². The maximum Gasteiger partial charge on any atom is 0.315 e. The number of hydrogen-bond donors (Lipinski definition) is 2. The van der Waals surface area contributed by atoms with E-state index in [1.54, 1.807) is 13.1 Å². The van der Waals surface area contributed by atoms with E-state index in [1.165, 1.54) is 17.0 Å². The first-order valence-electron chi connectivity index (χ1n) is 9.70. The van der Waals surface area contributed by atoms with Gasteiger partial charge in [-0.1, -0.05) is 60.8 Å². The predicted molar refractivity (Wildman–Crippen MR) is 111 cm³/mol. The van der Waals surface area contributed by atoms with E-state index in [0.29, 0.717) is 19.4 Å². The summed E-state index contributed by atoms with van der Waals surface area (Å²) in [5, 5.41) is 5.98. The number of likely N-dealkylation sites (N-methyl/N-ethyl adjacent to an activating group) is 1. The summed E-state index contributed by atoms with van der Waals surface area (Å²) in [6.07, 6.45) is 2.80. The van der Waals surface area contributed by atoms with E-state index in [4.69, 9.17) is 11.6 Å². The highest BCUT2D eigenvalue weighted by Gasteiger charge is 2.44. The number of nitrogens with one attached hydrogen (secondary N) is 2. The lowest BCUT2D eigenvalue weighted by atomic mass is 9.95. The molecule has 0 aliphatic heterocycles. The Morgan fingerprint density at radius 3 is 2.45 bits per heavy atom. The molecule has 5 nitrogen and oxygen atoms in total. The highest BCUT2D eigenvalue weighted by molar-refractivity contribution is 6.31. The van der Waals surface area contributed by atoms with E-state index in [2.05, 4.69) is 10.6 Å². The summed E-state index contributed by atoms with van der Waals surface area (Å²) in [6.45, 7) is 0.414. The Kier molecular flexibility index (Phi) is 6.75. The smallest absolute Gasteiger partial charge is 0.315 e. The monoisotopic (exact) mass is 417 g/mol. The van der Waals surface area contributed by atoms with Crippen molar-refractivity contribution in [1.82, 2.24) is 15.5 Å². The summed E-state index contributed by atoms with van der Waals surface area (Å²) in [4.78, 5) is 27.2. The molecule has 3 amide bonds. The summed E-state index contributed by atoms with van der Waals surface area (Å²) in [6, 6.07) is 13.6. The number of urea groups is 1. The molecule has 0 spiro atoms. The Morgan fingerprint density at radius 1 is 1.10 bits per heavy atom. The molecule has 0 heterocycles. The molecule has 7 heteroatoms. The van der Waals surface area contributed by atoms with Crippen molar-refractivity contribution in [3.05, 3.63) is 70.5 Å². The molecular weight excluding hydrogens is 393 g/mol. The van der Waals surface area contributed by atoms with Gasteiger partial charge in [-0.3, -0.25) is 4.79 Å². The fraction of sp³-hybridized carbons (Fsp3) is 0.364. The van der Waals surface area contributed by atoms with Gasteiger partial charge in [0.2, 0.25) is 5.91 Å². The summed E-state index contributed by atoms with van der Waals surface area (Å²) in [7, 11) is 1.61. The van der Waals surface area contributed by atoms with Crippen molar-refractivity contribution >= 4 is 23.5 Å². The molecule has 0 atom stereocenters. The number of benzene rings is 2. The summed E-state index contributed by atoms with van der Waals surface area (Å²) in [5.74, 6) is -0.685. The van der Waals surface area contributed by atoms with Crippen LogP contribution in [-0.2, 0) is 17.9 Å². The molecule has 3 rings (SSSR count). The number of nitrogens with zero attached hydrogens (tertiary/aromatic N) is 1. The normalized spacial score (nSPS) is 15.0. The van der Waals surface area contributed by atoms with Crippen LogP contribution in [-0.4, -0.2) is 29.4 Å². The standard InChI is InChI=1S/C22H25ClFN3O2/c1-27(15-17-18(23)10-7-11-19(17)24)20(28)22(12-5-6-13-22)26-21(29)25-14-16-8-3-2-4-9-16/h2-4,7-11H,5-6,12-15H2,1H3,(H2,25,26,29). The van der Waals surface area contributed by atoms with E-state index in [0.717, 1.165) is 18.4 Å². The maximum atomic E-state index is 14.1. The summed E-state index contributed by atoms with van der Waals surface area (Å²) in [5.41, 5.74) is 0.264. The van der Waals surface area contributed by atoms with Crippen molar-refractivity contribution < 1.29 is 14.0 Å². The van der Waals surface area contributed by atoms with Crippen LogP contribution in [0, 0.1) is 5.82 Å². The van der Waals surface area contributed by atoms with Gasteiger partial charge in [0, 0.05) is 30.7 Å². The maximum absolute atomic E-state index is 14.1. The zero-order valence-electron chi connectivity index (χ0n) is 16.4. The molecule has 0 saturated heterocycles. The molecule has 154 valence electrons. The van der Waals surface area contributed by atoms with Gasteiger partial charge >= 0.3 is 6.03 Å². The van der Waals surface area contributed by atoms with Gasteiger partial charge in [0.1, 0.15) is 11.4 Å². The van der Waals surface area contributed by atoms with Gasteiger partial charge in [0.25, 0.3) is 0 Å². The Labute approximate surface area is 175 Å². The second-order valence-corrected chi connectivity index (χ2v) is 7.85. The third-order valence-corrected chi connectivity index (χ3v) is 5.67. The van der Waals surface area contributed by atoms with Gasteiger partial charge < -0.3 is 15.5 Å². The molecule has 0 unspecified atom stereocenters. The Hall–Kier alpha value is -2.60. The fourth-order valence-electron chi connectivity index (χ4n) is 3.77. The van der Waals surface area contributed by atoms with Gasteiger partial charge in [0.05, 0.1) is 0 Å². The SMILES string of the molecule is CN(Cc1c(F)cccc1Cl)C(=O)C1(NC(=O)NCc2ccccc2)CCCC1. The minimum absolute atomic E-state index is 0.0411. The summed E-state index contributed by atoms with van der Waals surface area (Å²) >= 11 is 6.10. The average Bonchev–Trinajstić information content (AvgIpc) is 3.19. The molecular formula is C22H25ClFN3O2. The molecule has 1 aliphatic carbocycles. The molecule has 1 saturated carbocycles. The van der Waals surface area contributed by atoms with Crippen LogP contribution < -0.4 is 10.6 Å². The van der Waals surface area contributed by atoms with Gasteiger partial charge in [-0.2, -0.15) is 0 Å². The number of carbonyl (C=O) groups is 2. The first kappa shape index (κ1) is 21.1. The van der Waals surface area contributed by atoms with Crippen molar-refractivity contribution in [2.45, 2.75) is 44.3 Å². The van der Waals surface area contributed by atoms with Crippen LogP contribution in [0.4, 0.5) is 9.18 Å². The molecule has 2 aromatic rings. The average molecular weight is 418 g/mol. The van der Waals surface area contributed by atoms with Crippen molar-refractivity contribution in [3.8, 4) is 0 Å². The minimum Gasteiger partial charge on any atom is -0.339 e. The third-order valence-electron chi connectivity index (χ3n) is 5.32. The van der Waals surface area contributed by atoms with Gasteiger partial charge in [0.15, 0.2) is 0 Å². The van der Waals surface area contributed by atoms with Crippen LogP contribution in [0.2, 0.25) is 5.02 Å². The lowest BCUT2D eigenvalue weighted by Crippen LogP contribution is -2.59.